The van der Waals surface area contributed by atoms with Crippen molar-refractivity contribution in [3.05, 3.63) is 72.1 Å². The molecule has 1 spiro atoms. The number of ether oxygens (including phenoxy) is 2. The number of carbonyl (C=O) groups excluding carboxylic acids is 3. The first-order chi connectivity index (χ1) is 19.3. The summed E-state index contributed by atoms with van der Waals surface area (Å²) in [6.45, 7) is 2.02. The second-order valence-corrected chi connectivity index (χ2v) is 11.4. The number of anilines is 1. The minimum Gasteiger partial charge on any atom is -0.497 e. The van der Waals surface area contributed by atoms with Crippen molar-refractivity contribution in [1.82, 2.24) is 10.2 Å². The molecular formula is C31H34FN3O5. The van der Waals surface area contributed by atoms with Crippen LogP contribution in [0.15, 0.2) is 60.7 Å². The van der Waals surface area contributed by atoms with Crippen molar-refractivity contribution in [2.45, 2.75) is 62.9 Å². The summed E-state index contributed by atoms with van der Waals surface area (Å²) in [7, 11) is 1.54. The quantitative estimate of drug-likeness (QED) is 0.514. The van der Waals surface area contributed by atoms with Gasteiger partial charge in [0.1, 0.15) is 23.2 Å². The summed E-state index contributed by atoms with van der Waals surface area (Å²) in [4.78, 5) is 43.2. The van der Waals surface area contributed by atoms with E-state index in [-0.39, 0.29) is 24.4 Å². The molecule has 2 saturated heterocycles. The van der Waals surface area contributed by atoms with E-state index in [9.17, 15) is 18.8 Å². The molecule has 3 heterocycles. The molecule has 7 atom stereocenters. The van der Waals surface area contributed by atoms with Crippen molar-refractivity contribution < 1.29 is 28.2 Å². The predicted octanol–water partition coefficient (Wildman–Crippen LogP) is 3.82. The van der Waals surface area contributed by atoms with Gasteiger partial charge in [0.15, 0.2) is 0 Å². The van der Waals surface area contributed by atoms with Gasteiger partial charge in [0, 0.05) is 29.9 Å². The Morgan fingerprint density at radius 3 is 2.70 bits per heavy atom. The van der Waals surface area contributed by atoms with Gasteiger partial charge >= 0.3 is 0 Å². The Labute approximate surface area is 232 Å². The molecule has 2 N–H and O–H groups in total. The Bertz CT molecular complexity index is 1360. The Morgan fingerprint density at radius 1 is 1.12 bits per heavy atom. The van der Waals surface area contributed by atoms with Crippen LogP contribution < -0.4 is 15.4 Å². The number of carbonyl (C=O) groups is 3. The van der Waals surface area contributed by atoms with E-state index in [4.69, 9.17) is 9.47 Å². The van der Waals surface area contributed by atoms with Crippen LogP contribution in [0.4, 0.5) is 10.1 Å². The molecule has 210 valence electrons. The largest absolute Gasteiger partial charge is 0.497 e. The van der Waals surface area contributed by atoms with Gasteiger partial charge in [-0.15, -0.1) is 0 Å². The number of hydrogen-bond donors (Lipinski definition) is 2. The first-order valence-corrected chi connectivity index (χ1v) is 14.0. The zero-order valence-corrected chi connectivity index (χ0v) is 22.6. The topological polar surface area (TPSA) is 97.0 Å². The van der Waals surface area contributed by atoms with Gasteiger partial charge in [-0.3, -0.25) is 14.4 Å². The molecule has 3 aliphatic heterocycles. The van der Waals surface area contributed by atoms with Crippen LogP contribution in [-0.2, 0) is 25.7 Å². The molecular weight excluding hydrogens is 513 g/mol. The number of benzene rings is 2. The van der Waals surface area contributed by atoms with Crippen molar-refractivity contribution >= 4 is 23.4 Å². The number of methoxy groups -OCH3 is 1. The lowest BCUT2D eigenvalue weighted by atomic mass is 9.74. The van der Waals surface area contributed by atoms with Gasteiger partial charge in [0.25, 0.3) is 0 Å². The van der Waals surface area contributed by atoms with Gasteiger partial charge in [-0.05, 0) is 37.0 Å². The van der Waals surface area contributed by atoms with Crippen LogP contribution in [0.2, 0.25) is 0 Å². The van der Waals surface area contributed by atoms with Gasteiger partial charge < -0.3 is 25.0 Å². The van der Waals surface area contributed by atoms with Gasteiger partial charge in [-0.2, -0.15) is 0 Å². The lowest BCUT2D eigenvalue weighted by molar-refractivity contribution is -0.142. The number of rotatable bonds is 7. The minimum absolute atomic E-state index is 0.0168. The van der Waals surface area contributed by atoms with E-state index in [1.165, 1.54) is 11.0 Å². The fourth-order valence-electron chi connectivity index (χ4n) is 6.97. The number of amides is 3. The van der Waals surface area contributed by atoms with Crippen LogP contribution in [0.5, 0.6) is 5.75 Å². The molecule has 0 aromatic heterocycles. The molecule has 3 amide bonds. The molecule has 0 radical (unpaired) electrons. The summed E-state index contributed by atoms with van der Waals surface area (Å²) in [5.74, 6) is -2.44. The molecule has 6 rings (SSSR count). The maximum atomic E-state index is 14.7. The molecule has 2 aromatic rings. The molecule has 4 aliphatic rings. The Balaban J connectivity index is 1.33. The zero-order valence-electron chi connectivity index (χ0n) is 22.6. The highest BCUT2D eigenvalue weighted by Crippen LogP contribution is 2.55. The highest BCUT2D eigenvalue weighted by atomic mass is 19.1. The second kappa shape index (κ2) is 10.4. The molecule has 9 heteroatoms. The van der Waals surface area contributed by atoms with Crippen LogP contribution in [0.3, 0.4) is 0 Å². The monoisotopic (exact) mass is 547 g/mol. The first kappa shape index (κ1) is 26.5. The zero-order chi connectivity index (χ0) is 28.0. The summed E-state index contributed by atoms with van der Waals surface area (Å²) in [5, 5.41) is 6.09. The average Bonchev–Trinajstić information content (AvgIpc) is 3.59. The molecule has 1 saturated carbocycles. The third-order valence-corrected chi connectivity index (χ3v) is 9.00. The van der Waals surface area contributed by atoms with Crippen molar-refractivity contribution in [3.8, 4) is 5.75 Å². The Kier molecular flexibility index (Phi) is 6.86. The van der Waals surface area contributed by atoms with E-state index in [2.05, 4.69) is 17.6 Å². The molecule has 8 nitrogen and oxygen atoms in total. The normalized spacial score (nSPS) is 32.2. The third kappa shape index (κ3) is 4.36. The number of hydrogen-bond acceptors (Lipinski definition) is 5. The summed E-state index contributed by atoms with van der Waals surface area (Å²) in [6, 6.07) is 12.1. The van der Waals surface area contributed by atoms with Crippen molar-refractivity contribution in [3.63, 3.8) is 0 Å². The van der Waals surface area contributed by atoms with E-state index < -0.39 is 41.3 Å². The number of fused-ring (bicyclic) bond motifs is 1. The van der Waals surface area contributed by atoms with E-state index in [1.54, 1.807) is 61.7 Å². The third-order valence-electron chi connectivity index (χ3n) is 9.00. The predicted molar refractivity (Wildman–Crippen MR) is 146 cm³/mol. The minimum atomic E-state index is -1.31. The maximum absolute atomic E-state index is 14.7. The SMILES string of the molecule is COc1cccc(NC(=O)[C@H]2[C@H]3C=C[C@@]4(O3)[C@H]2C(=O)N(Cc2ccccc2F)[C@@H]4C(=O)N[C@H]2CCCC[C@H]2C)c1. The Hall–Kier alpha value is -3.72. The van der Waals surface area contributed by atoms with Crippen molar-refractivity contribution in [2.75, 3.05) is 12.4 Å². The van der Waals surface area contributed by atoms with E-state index >= 15 is 0 Å². The average molecular weight is 548 g/mol. The summed E-state index contributed by atoms with van der Waals surface area (Å²) in [6.07, 6.45) is 6.92. The van der Waals surface area contributed by atoms with Gasteiger partial charge in [0.05, 0.1) is 25.0 Å². The summed E-state index contributed by atoms with van der Waals surface area (Å²) < 4.78 is 26.4. The van der Waals surface area contributed by atoms with Crippen molar-refractivity contribution in [2.24, 2.45) is 17.8 Å². The molecule has 1 aliphatic carbocycles. The van der Waals surface area contributed by atoms with Crippen molar-refractivity contribution in [1.29, 1.82) is 0 Å². The van der Waals surface area contributed by atoms with E-state index in [0.29, 0.717) is 22.9 Å². The maximum Gasteiger partial charge on any atom is 0.246 e. The number of halogens is 1. The second-order valence-electron chi connectivity index (χ2n) is 11.4. The van der Waals surface area contributed by atoms with Gasteiger partial charge in [-0.1, -0.05) is 56.2 Å². The number of nitrogens with zero attached hydrogens (tertiary/aromatic N) is 1. The molecule has 40 heavy (non-hydrogen) atoms. The standard InChI is InChI=1S/C31H34FN3O5/c1-18-8-3-6-13-23(18)34-29(37)27-31-15-14-24(40-31)25(28(36)33-20-10-7-11-21(16-20)39-2)26(31)30(38)35(27)17-19-9-4-5-12-22(19)32/h4-5,7,9-12,14-16,18,23-27H,3,6,8,13,17H2,1-2H3,(H,33,36)(H,34,37)/t18-,23+,24-,25+,26-,27-,31-/m1/s1. The molecule has 2 aromatic carbocycles. The lowest BCUT2D eigenvalue weighted by Gasteiger charge is -2.36. The molecule has 2 bridgehead atoms. The molecule has 0 unspecified atom stereocenters. The highest BCUT2D eigenvalue weighted by molar-refractivity contribution is 6.02. The highest BCUT2D eigenvalue weighted by Gasteiger charge is 2.72. The molecule has 3 fully saturated rings. The van der Waals surface area contributed by atoms with E-state index in [1.807, 2.05) is 0 Å². The van der Waals surface area contributed by atoms with Crippen LogP contribution in [0, 0.1) is 23.6 Å². The number of likely N-dealkylation sites (tertiary alicyclic amines) is 1. The lowest BCUT2D eigenvalue weighted by Crippen LogP contribution is -2.57. The van der Waals surface area contributed by atoms with Crippen LogP contribution in [0.1, 0.15) is 38.2 Å². The fourth-order valence-corrected chi connectivity index (χ4v) is 6.97. The Morgan fingerprint density at radius 2 is 1.93 bits per heavy atom. The van der Waals surface area contributed by atoms with Crippen LogP contribution in [0.25, 0.3) is 0 Å². The van der Waals surface area contributed by atoms with Gasteiger partial charge in [0.2, 0.25) is 17.7 Å². The number of nitrogens with one attached hydrogen (secondary N) is 2. The first-order valence-electron chi connectivity index (χ1n) is 14.0. The van der Waals surface area contributed by atoms with E-state index in [0.717, 1.165) is 25.7 Å². The summed E-state index contributed by atoms with van der Waals surface area (Å²) >= 11 is 0. The van der Waals surface area contributed by atoms with Crippen LogP contribution in [-0.4, -0.2) is 53.5 Å². The summed E-state index contributed by atoms with van der Waals surface area (Å²) in [5.41, 5.74) is -0.489. The van der Waals surface area contributed by atoms with Crippen LogP contribution >= 0.6 is 0 Å². The van der Waals surface area contributed by atoms with Gasteiger partial charge in [-0.25, -0.2) is 4.39 Å². The fraction of sp³-hybridized carbons (Fsp3) is 0.452. The smallest absolute Gasteiger partial charge is 0.246 e.